The van der Waals surface area contributed by atoms with Gasteiger partial charge in [-0.15, -0.1) is 0 Å². The molecule has 2 unspecified atom stereocenters. The maximum atomic E-state index is 13.7. The molecule has 10 nitrogen and oxygen atoms in total. The number of anilines is 1. The fourth-order valence-electron chi connectivity index (χ4n) is 5.28. The van der Waals surface area contributed by atoms with Crippen molar-refractivity contribution in [3.8, 4) is 23.0 Å². The molecule has 0 radical (unpaired) electrons. The average Bonchev–Trinajstić information content (AvgIpc) is 3.57. The molecule has 200 valence electrons. The summed E-state index contributed by atoms with van der Waals surface area (Å²) in [5.41, 5.74) is 2.61. The number of ether oxygens (including phenoxy) is 4. The van der Waals surface area contributed by atoms with E-state index >= 15 is 0 Å². The molecule has 0 bridgehead atoms. The Morgan fingerprint density at radius 3 is 2.26 bits per heavy atom. The van der Waals surface area contributed by atoms with Gasteiger partial charge in [0.15, 0.2) is 23.0 Å². The monoisotopic (exact) mass is 520 g/mol. The Morgan fingerprint density at radius 2 is 1.55 bits per heavy atom. The normalized spacial score (nSPS) is 18.7. The van der Waals surface area contributed by atoms with Crippen molar-refractivity contribution in [1.82, 2.24) is 14.8 Å². The number of carbonyl (C=O) groups excluding carboxylic acids is 2. The Bertz CT molecular complexity index is 1340. The Hall–Kier alpha value is -4.34. The molecule has 1 saturated heterocycles. The number of methoxy groups -OCH3 is 4. The van der Waals surface area contributed by atoms with Crippen LogP contribution in [0.3, 0.4) is 0 Å². The maximum Gasteiger partial charge on any atom is 0.318 e. The number of rotatable bonds is 7. The lowest BCUT2D eigenvalue weighted by Crippen LogP contribution is -2.50. The molecule has 0 saturated carbocycles. The van der Waals surface area contributed by atoms with Crippen LogP contribution in [0.15, 0.2) is 54.7 Å². The predicted octanol–water partition coefficient (Wildman–Crippen LogP) is 3.44. The fourth-order valence-corrected chi connectivity index (χ4v) is 5.28. The van der Waals surface area contributed by atoms with Crippen LogP contribution in [0.2, 0.25) is 0 Å². The quantitative estimate of drug-likeness (QED) is 0.513. The van der Waals surface area contributed by atoms with Gasteiger partial charge in [0, 0.05) is 49.7 Å². The molecule has 1 N–H and O–H groups in total. The number of carbonyl (C=O) groups is 2. The van der Waals surface area contributed by atoms with Gasteiger partial charge < -0.3 is 38.6 Å². The maximum absolute atomic E-state index is 13.7. The van der Waals surface area contributed by atoms with Crippen LogP contribution in [0.4, 0.5) is 10.5 Å². The minimum absolute atomic E-state index is 0.0634. The van der Waals surface area contributed by atoms with Crippen molar-refractivity contribution in [1.29, 1.82) is 0 Å². The second-order valence-corrected chi connectivity index (χ2v) is 9.23. The van der Waals surface area contributed by atoms with Gasteiger partial charge in [0.1, 0.15) is 0 Å². The summed E-state index contributed by atoms with van der Waals surface area (Å²) >= 11 is 0. The summed E-state index contributed by atoms with van der Waals surface area (Å²) < 4.78 is 23.8. The first-order valence-corrected chi connectivity index (χ1v) is 12.4. The van der Waals surface area contributed by atoms with E-state index in [1.165, 1.54) is 0 Å². The third-order valence-corrected chi connectivity index (χ3v) is 7.15. The lowest BCUT2D eigenvalue weighted by Gasteiger charge is -2.38. The molecular formula is C28H32N4O6. The number of hydrogen-bond donors (Lipinski definition) is 1. The number of fused-ring (bicyclic) bond motifs is 1. The van der Waals surface area contributed by atoms with Gasteiger partial charge in [-0.05, 0) is 42.0 Å². The third-order valence-electron chi connectivity index (χ3n) is 7.15. The van der Waals surface area contributed by atoms with Gasteiger partial charge in [0.2, 0.25) is 5.91 Å². The van der Waals surface area contributed by atoms with Crippen molar-refractivity contribution in [3.05, 3.63) is 66.0 Å². The van der Waals surface area contributed by atoms with E-state index in [0.717, 1.165) is 11.3 Å². The second-order valence-electron chi connectivity index (χ2n) is 9.23. The zero-order valence-electron chi connectivity index (χ0n) is 22.0. The summed E-state index contributed by atoms with van der Waals surface area (Å²) in [6.45, 7) is 1.57. The van der Waals surface area contributed by atoms with Gasteiger partial charge in [-0.2, -0.15) is 0 Å². The van der Waals surface area contributed by atoms with Crippen LogP contribution in [0.1, 0.15) is 23.7 Å². The highest BCUT2D eigenvalue weighted by Gasteiger charge is 2.37. The van der Waals surface area contributed by atoms with Crippen molar-refractivity contribution in [2.75, 3.05) is 46.4 Å². The zero-order valence-corrected chi connectivity index (χ0v) is 22.0. The SMILES string of the molecule is COc1ccc(C2c3cccn3CCN2C(=O)NC2CC(=O)N(c3ccc(OC)c(OC)c3)C2)cc1OC. The van der Waals surface area contributed by atoms with E-state index in [9.17, 15) is 9.59 Å². The van der Waals surface area contributed by atoms with Gasteiger partial charge in [-0.25, -0.2) is 4.79 Å². The number of urea groups is 1. The molecule has 0 spiro atoms. The lowest BCUT2D eigenvalue weighted by atomic mass is 9.99. The first kappa shape index (κ1) is 25.3. The van der Waals surface area contributed by atoms with Crippen LogP contribution in [0, 0.1) is 0 Å². The number of nitrogens with one attached hydrogen (secondary N) is 1. The van der Waals surface area contributed by atoms with Crippen molar-refractivity contribution in [2.45, 2.75) is 25.0 Å². The predicted molar refractivity (Wildman–Crippen MR) is 141 cm³/mol. The van der Waals surface area contributed by atoms with Crippen LogP contribution in [0.25, 0.3) is 0 Å². The summed E-state index contributed by atoms with van der Waals surface area (Å²) in [5.74, 6) is 2.29. The van der Waals surface area contributed by atoms with Crippen LogP contribution >= 0.6 is 0 Å². The Kier molecular flexibility index (Phi) is 7.04. The van der Waals surface area contributed by atoms with E-state index in [1.807, 2.05) is 47.5 Å². The van der Waals surface area contributed by atoms with Crippen LogP contribution in [-0.2, 0) is 11.3 Å². The Morgan fingerprint density at radius 1 is 0.868 bits per heavy atom. The van der Waals surface area contributed by atoms with E-state index in [-0.39, 0.29) is 30.4 Å². The first-order valence-electron chi connectivity index (χ1n) is 12.4. The number of amides is 3. The first-order chi connectivity index (χ1) is 18.5. The fraction of sp³-hybridized carbons (Fsp3) is 0.357. The van der Waals surface area contributed by atoms with Crippen molar-refractivity contribution in [2.24, 2.45) is 0 Å². The highest BCUT2D eigenvalue weighted by molar-refractivity contribution is 5.97. The Labute approximate surface area is 221 Å². The van der Waals surface area contributed by atoms with E-state index in [2.05, 4.69) is 9.88 Å². The minimum Gasteiger partial charge on any atom is -0.493 e. The van der Waals surface area contributed by atoms with Gasteiger partial charge >= 0.3 is 6.03 Å². The summed E-state index contributed by atoms with van der Waals surface area (Å²) in [4.78, 5) is 30.1. The average molecular weight is 521 g/mol. The molecule has 0 aliphatic carbocycles. The molecule has 2 aromatic carbocycles. The van der Waals surface area contributed by atoms with Crippen LogP contribution < -0.4 is 29.2 Å². The highest BCUT2D eigenvalue weighted by atomic mass is 16.5. The second kappa shape index (κ2) is 10.6. The number of hydrogen-bond acceptors (Lipinski definition) is 6. The van der Waals surface area contributed by atoms with E-state index in [0.29, 0.717) is 48.3 Å². The lowest BCUT2D eigenvalue weighted by molar-refractivity contribution is -0.117. The standard InChI is InChI=1S/C28H32N4O6/c1-35-22-9-7-18(14-24(22)37-3)27-21-6-5-11-30(21)12-13-31(27)28(34)29-19-15-26(33)32(17-19)20-8-10-23(36-2)25(16-20)38-4/h5-11,14,16,19,27H,12-13,15,17H2,1-4H3,(H,29,34). The molecule has 10 heteroatoms. The van der Waals surface area contributed by atoms with Crippen molar-refractivity contribution < 1.29 is 28.5 Å². The summed E-state index contributed by atoms with van der Waals surface area (Å²) in [7, 11) is 6.31. The molecule has 5 rings (SSSR count). The van der Waals surface area contributed by atoms with Gasteiger partial charge in [-0.1, -0.05) is 6.07 Å². The molecule has 38 heavy (non-hydrogen) atoms. The number of aromatic nitrogens is 1. The van der Waals surface area contributed by atoms with Crippen molar-refractivity contribution >= 4 is 17.6 Å². The summed E-state index contributed by atoms with van der Waals surface area (Å²) in [6.07, 6.45) is 2.24. The van der Waals surface area contributed by atoms with Gasteiger partial charge in [0.25, 0.3) is 0 Å². The van der Waals surface area contributed by atoms with Gasteiger partial charge in [0.05, 0.1) is 40.5 Å². The molecule has 3 heterocycles. The molecule has 2 aliphatic rings. The summed E-state index contributed by atoms with van der Waals surface area (Å²) in [5, 5.41) is 3.11. The Balaban J connectivity index is 1.36. The minimum atomic E-state index is -0.331. The molecule has 1 aromatic heterocycles. The zero-order chi connectivity index (χ0) is 26.8. The van der Waals surface area contributed by atoms with Crippen LogP contribution in [0.5, 0.6) is 23.0 Å². The summed E-state index contributed by atoms with van der Waals surface area (Å²) in [6, 6.07) is 14.2. The van der Waals surface area contributed by atoms with Gasteiger partial charge in [-0.3, -0.25) is 4.79 Å². The van der Waals surface area contributed by atoms with Crippen molar-refractivity contribution in [3.63, 3.8) is 0 Å². The van der Waals surface area contributed by atoms with E-state index in [4.69, 9.17) is 18.9 Å². The molecule has 3 aromatic rings. The largest absolute Gasteiger partial charge is 0.493 e. The number of nitrogens with zero attached hydrogens (tertiary/aromatic N) is 3. The topological polar surface area (TPSA) is 94.5 Å². The molecule has 1 fully saturated rings. The van der Waals surface area contributed by atoms with E-state index in [1.54, 1.807) is 45.5 Å². The molecule has 2 aliphatic heterocycles. The highest BCUT2D eigenvalue weighted by Crippen LogP contribution is 2.38. The number of benzene rings is 2. The molecular weight excluding hydrogens is 488 g/mol. The third kappa shape index (κ3) is 4.57. The smallest absolute Gasteiger partial charge is 0.318 e. The molecule has 3 amide bonds. The van der Waals surface area contributed by atoms with Crippen LogP contribution in [-0.4, -0.2) is 69.0 Å². The molecule has 2 atom stereocenters. The van der Waals surface area contributed by atoms with E-state index < -0.39 is 0 Å².